The van der Waals surface area contributed by atoms with E-state index in [2.05, 4.69) is 34.1 Å². The summed E-state index contributed by atoms with van der Waals surface area (Å²) in [6.45, 7) is 5.76. The average molecular weight is 262 g/mol. The summed E-state index contributed by atoms with van der Waals surface area (Å²) in [4.78, 5) is 16.3. The van der Waals surface area contributed by atoms with Crippen LogP contribution in [-0.4, -0.2) is 50.2 Å². The van der Waals surface area contributed by atoms with Gasteiger partial charge in [0.2, 0.25) is 0 Å². The van der Waals surface area contributed by atoms with Gasteiger partial charge in [-0.3, -0.25) is 9.69 Å². The SMILES string of the molecule is CC[C@@H](C(=O)OC)N1CCN(c2ccccc2)CC1. The van der Waals surface area contributed by atoms with E-state index in [9.17, 15) is 4.79 Å². The van der Waals surface area contributed by atoms with Crippen LogP contribution in [0.2, 0.25) is 0 Å². The molecule has 1 atom stereocenters. The summed E-state index contributed by atoms with van der Waals surface area (Å²) in [5.74, 6) is -0.115. The van der Waals surface area contributed by atoms with Gasteiger partial charge in [-0.25, -0.2) is 0 Å². The third-order valence-corrected chi connectivity index (χ3v) is 3.74. The first kappa shape index (κ1) is 13.9. The molecule has 104 valence electrons. The predicted molar refractivity (Wildman–Crippen MR) is 76.3 cm³/mol. The Morgan fingerprint density at radius 1 is 1.21 bits per heavy atom. The van der Waals surface area contributed by atoms with Crippen molar-refractivity contribution in [3.63, 3.8) is 0 Å². The molecular weight excluding hydrogens is 240 g/mol. The molecule has 0 unspecified atom stereocenters. The molecule has 19 heavy (non-hydrogen) atoms. The lowest BCUT2D eigenvalue weighted by molar-refractivity contribution is -0.147. The third-order valence-electron chi connectivity index (χ3n) is 3.74. The molecule has 1 fully saturated rings. The number of ether oxygens (including phenoxy) is 1. The van der Waals surface area contributed by atoms with E-state index in [1.807, 2.05) is 13.0 Å². The van der Waals surface area contributed by atoms with E-state index in [-0.39, 0.29) is 12.0 Å². The molecule has 1 aliphatic rings. The fourth-order valence-corrected chi connectivity index (χ4v) is 2.64. The molecule has 4 nitrogen and oxygen atoms in total. The van der Waals surface area contributed by atoms with Crippen LogP contribution in [-0.2, 0) is 9.53 Å². The van der Waals surface area contributed by atoms with Gasteiger partial charge >= 0.3 is 5.97 Å². The Morgan fingerprint density at radius 2 is 1.84 bits per heavy atom. The maximum Gasteiger partial charge on any atom is 0.323 e. The Kier molecular flexibility index (Phi) is 4.80. The van der Waals surface area contributed by atoms with Crippen molar-refractivity contribution < 1.29 is 9.53 Å². The molecule has 1 saturated heterocycles. The molecule has 0 spiro atoms. The Hall–Kier alpha value is -1.55. The van der Waals surface area contributed by atoms with E-state index in [1.54, 1.807) is 0 Å². The van der Waals surface area contributed by atoms with Crippen molar-refractivity contribution in [1.29, 1.82) is 0 Å². The lowest BCUT2D eigenvalue weighted by atomic mass is 10.1. The predicted octanol–water partition coefficient (Wildman–Crippen LogP) is 1.76. The number of nitrogens with zero attached hydrogens (tertiary/aromatic N) is 2. The first-order valence-electron chi connectivity index (χ1n) is 6.88. The Balaban J connectivity index is 1.93. The lowest BCUT2D eigenvalue weighted by Gasteiger charge is -2.38. The summed E-state index contributed by atoms with van der Waals surface area (Å²) in [7, 11) is 1.46. The Bertz CT molecular complexity index is 400. The molecule has 0 N–H and O–H groups in total. The first-order chi connectivity index (χ1) is 9.26. The van der Waals surface area contributed by atoms with Gasteiger partial charge < -0.3 is 9.64 Å². The molecule has 1 aliphatic heterocycles. The number of hydrogen-bond donors (Lipinski definition) is 0. The zero-order valence-corrected chi connectivity index (χ0v) is 11.7. The van der Waals surface area contributed by atoms with Gasteiger partial charge in [0.1, 0.15) is 6.04 Å². The van der Waals surface area contributed by atoms with E-state index < -0.39 is 0 Å². The maximum atomic E-state index is 11.7. The molecular formula is C15H22N2O2. The number of methoxy groups -OCH3 is 1. The van der Waals surface area contributed by atoms with Crippen LogP contribution in [0.1, 0.15) is 13.3 Å². The second-order valence-electron chi connectivity index (χ2n) is 4.81. The number of esters is 1. The lowest BCUT2D eigenvalue weighted by Crippen LogP contribution is -2.52. The van der Waals surface area contributed by atoms with Crippen molar-refractivity contribution in [2.24, 2.45) is 0 Å². The van der Waals surface area contributed by atoms with Crippen LogP contribution >= 0.6 is 0 Å². The van der Waals surface area contributed by atoms with E-state index in [4.69, 9.17) is 4.74 Å². The van der Waals surface area contributed by atoms with Gasteiger partial charge in [-0.15, -0.1) is 0 Å². The summed E-state index contributed by atoms with van der Waals surface area (Å²) >= 11 is 0. The van der Waals surface area contributed by atoms with Crippen molar-refractivity contribution in [2.45, 2.75) is 19.4 Å². The average Bonchev–Trinajstić information content (AvgIpc) is 2.49. The topological polar surface area (TPSA) is 32.8 Å². The zero-order valence-electron chi connectivity index (χ0n) is 11.7. The number of anilines is 1. The minimum Gasteiger partial charge on any atom is -0.468 e. The first-order valence-corrected chi connectivity index (χ1v) is 6.88. The quantitative estimate of drug-likeness (QED) is 0.774. The fourth-order valence-electron chi connectivity index (χ4n) is 2.64. The van der Waals surface area contributed by atoms with Gasteiger partial charge in [-0.05, 0) is 18.6 Å². The number of para-hydroxylation sites is 1. The number of carbonyl (C=O) groups is 1. The fraction of sp³-hybridized carbons (Fsp3) is 0.533. The number of hydrogen-bond acceptors (Lipinski definition) is 4. The summed E-state index contributed by atoms with van der Waals surface area (Å²) < 4.78 is 4.87. The molecule has 0 radical (unpaired) electrons. The van der Waals surface area contributed by atoms with Crippen molar-refractivity contribution >= 4 is 11.7 Å². The van der Waals surface area contributed by atoms with Crippen molar-refractivity contribution in [2.75, 3.05) is 38.2 Å². The van der Waals surface area contributed by atoms with Crippen molar-refractivity contribution in [3.05, 3.63) is 30.3 Å². The van der Waals surface area contributed by atoms with Gasteiger partial charge in [0.15, 0.2) is 0 Å². The number of rotatable bonds is 4. The van der Waals surface area contributed by atoms with Gasteiger partial charge in [-0.1, -0.05) is 25.1 Å². The van der Waals surface area contributed by atoms with Crippen LogP contribution in [0.3, 0.4) is 0 Å². The largest absolute Gasteiger partial charge is 0.468 e. The van der Waals surface area contributed by atoms with E-state index in [0.29, 0.717) is 0 Å². The highest BCUT2D eigenvalue weighted by Crippen LogP contribution is 2.17. The van der Waals surface area contributed by atoms with Gasteiger partial charge in [0.25, 0.3) is 0 Å². The molecule has 0 bridgehead atoms. The minimum absolute atomic E-state index is 0.0945. The Morgan fingerprint density at radius 3 is 2.37 bits per heavy atom. The molecule has 0 amide bonds. The van der Waals surface area contributed by atoms with Crippen LogP contribution in [0.25, 0.3) is 0 Å². The van der Waals surface area contributed by atoms with Gasteiger partial charge in [0.05, 0.1) is 7.11 Å². The zero-order chi connectivity index (χ0) is 13.7. The molecule has 0 aromatic heterocycles. The standard InChI is InChI=1S/C15H22N2O2/c1-3-14(15(18)19-2)17-11-9-16(10-12-17)13-7-5-4-6-8-13/h4-8,14H,3,9-12H2,1-2H3/t14-/m0/s1. The number of benzene rings is 1. The summed E-state index contributed by atoms with van der Waals surface area (Å²) in [5, 5.41) is 0. The molecule has 0 aliphatic carbocycles. The molecule has 2 rings (SSSR count). The second-order valence-corrected chi connectivity index (χ2v) is 4.81. The summed E-state index contributed by atoms with van der Waals surface area (Å²) in [6, 6.07) is 10.3. The van der Waals surface area contributed by atoms with Crippen molar-refractivity contribution in [1.82, 2.24) is 4.90 Å². The minimum atomic E-state index is -0.115. The van der Waals surface area contributed by atoms with Crippen LogP contribution in [0, 0.1) is 0 Å². The molecule has 1 heterocycles. The molecule has 1 aromatic rings. The highest BCUT2D eigenvalue weighted by atomic mass is 16.5. The van der Waals surface area contributed by atoms with Crippen LogP contribution in [0.4, 0.5) is 5.69 Å². The highest BCUT2D eigenvalue weighted by molar-refractivity contribution is 5.75. The smallest absolute Gasteiger partial charge is 0.323 e. The van der Waals surface area contributed by atoms with E-state index in [1.165, 1.54) is 12.8 Å². The second kappa shape index (κ2) is 6.57. The molecule has 1 aromatic carbocycles. The van der Waals surface area contributed by atoms with Crippen LogP contribution in [0.5, 0.6) is 0 Å². The van der Waals surface area contributed by atoms with Crippen LogP contribution in [0.15, 0.2) is 30.3 Å². The maximum absolute atomic E-state index is 11.7. The van der Waals surface area contributed by atoms with Crippen LogP contribution < -0.4 is 4.90 Å². The molecule has 0 saturated carbocycles. The Labute approximate surface area is 115 Å². The third kappa shape index (κ3) is 3.26. The van der Waals surface area contributed by atoms with Crippen molar-refractivity contribution in [3.8, 4) is 0 Å². The normalized spacial score (nSPS) is 18.1. The summed E-state index contributed by atoms with van der Waals surface area (Å²) in [6.07, 6.45) is 0.804. The van der Waals surface area contributed by atoms with Gasteiger partial charge in [0, 0.05) is 31.9 Å². The van der Waals surface area contributed by atoms with Gasteiger partial charge in [-0.2, -0.15) is 0 Å². The highest BCUT2D eigenvalue weighted by Gasteiger charge is 2.28. The number of carbonyl (C=O) groups excluding carboxylic acids is 1. The van der Waals surface area contributed by atoms with E-state index >= 15 is 0 Å². The summed E-state index contributed by atoms with van der Waals surface area (Å²) in [5.41, 5.74) is 1.26. The monoisotopic (exact) mass is 262 g/mol. The number of piperazine rings is 1. The molecule has 4 heteroatoms. The van der Waals surface area contributed by atoms with E-state index in [0.717, 1.165) is 32.6 Å².